The summed E-state index contributed by atoms with van der Waals surface area (Å²) < 4.78 is 10.1. The van der Waals surface area contributed by atoms with Crippen molar-refractivity contribution in [2.75, 3.05) is 14.2 Å². The lowest BCUT2D eigenvalue weighted by molar-refractivity contribution is 0.357. The molecule has 0 spiro atoms. The maximum atomic E-state index is 8.93. The molecule has 0 bridgehead atoms. The zero-order valence-corrected chi connectivity index (χ0v) is 7.20. The van der Waals surface area contributed by atoms with E-state index in [1.165, 1.54) is 0 Å². The van der Waals surface area contributed by atoms with Gasteiger partial charge in [-0.15, -0.1) is 0 Å². The summed E-state index contributed by atoms with van der Waals surface area (Å²) in [5.74, 6) is 1.24. The van der Waals surface area contributed by atoms with Crippen molar-refractivity contribution in [1.82, 2.24) is 0 Å². The molecule has 0 unspecified atom stereocenters. The average Bonchev–Trinajstić information content (AvgIpc) is 2.16. The Kier molecular flexibility index (Phi) is 2.99. The maximum absolute atomic E-state index is 8.93. The van der Waals surface area contributed by atoms with Crippen LogP contribution in [-0.4, -0.2) is 26.7 Å². The number of methoxy groups -OCH3 is 2. The van der Waals surface area contributed by atoms with E-state index in [4.69, 9.17) is 14.5 Å². The van der Waals surface area contributed by atoms with Gasteiger partial charge >= 0.3 is 7.48 Å². The Balaban J connectivity index is 3.13. The Labute approximate surface area is 72.2 Å². The Morgan fingerprint density at radius 3 is 2.50 bits per heavy atom. The Bertz CT molecular complexity index is 240. The lowest BCUT2D eigenvalue weighted by atomic mass is 9.87. The third kappa shape index (κ3) is 1.53. The molecule has 12 heavy (non-hydrogen) atoms. The maximum Gasteiger partial charge on any atom is 0.308 e. The Morgan fingerprint density at radius 1 is 1.25 bits per heavy atom. The topological polar surface area (TPSA) is 38.7 Å². The van der Waals surface area contributed by atoms with E-state index in [0.717, 1.165) is 5.46 Å². The van der Waals surface area contributed by atoms with Crippen LogP contribution in [0.1, 0.15) is 0 Å². The highest BCUT2D eigenvalue weighted by atomic mass is 16.5. The molecule has 0 amide bonds. The summed E-state index contributed by atoms with van der Waals surface area (Å²) >= 11 is 0. The van der Waals surface area contributed by atoms with Crippen molar-refractivity contribution in [1.29, 1.82) is 0 Å². The van der Waals surface area contributed by atoms with Gasteiger partial charge in [0.25, 0.3) is 0 Å². The van der Waals surface area contributed by atoms with Crippen molar-refractivity contribution in [2.45, 2.75) is 0 Å². The molecule has 0 atom stereocenters. The van der Waals surface area contributed by atoms with E-state index in [1.807, 2.05) is 6.07 Å². The number of hydrogen-bond acceptors (Lipinski definition) is 3. The fraction of sp³-hybridized carbons (Fsp3) is 0.250. The highest BCUT2D eigenvalue weighted by Gasteiger charge is 2.08. The van der Waals surface area contributed by atoms with E-state index < -0.39 is 0 Å². The minimum Gasteiger partial charge on any atom is -0.493 e. The van der Waals surface area contributed by atoms with Gasteiger partial charge in [0.2, 0.25) is 0 Å². The van der Waals surface area contributed by atoms with Crippen LogP contribution in [0.2, 0.25) is 0 Å². The van der Waals surface area contributed by atoms with Crippen LogP contribution in [0.15, 0.2) is 18.2 Å². The van der Waals surface area contributed by atoms with Gasteiger partial charge in [-0.3, -0.25) is 0 Å². The molecule has 1 N–H and O–H groups in total. The van der Waals surface area contributed by atoms with Crippen LogP contribution in [0.3, 0.4) is 0 Å². The monoisotopic (exact) mass is 166 g/mol. The second-order valence-corrected chi connectivity index (χ2v) is 2.31. The zero-order chi connectivity index (χ0) is 8.97. The molecule has 0 aliphatic carbocycles. The van der Waals surface area contributed by atoms with Gasteiger partial charge in [-0.25, -0.2) is 0 Å². The first kappa shape index (κ1) is 8.94. The fourth-order valence-corrected chi connectivity index (χ4v) is 1.08. The molecule has 0 saturated carbocycles. The van der Waals surface area contributed by atoms with Crippen LogP contribution >= 0.6 is 0 Å². The normalized spacial score (nSPS) is 9.25. The molecular formula is C8H11BO3. The third-order valence-electron chi connectivity index (χ3n) is 1.65. The molecule has 0 saturated heterocycles. The summed E-state index contributed by atoms with van der Waals surface area (Å²) in [6.45, 7) is 0. The quantitative estimate of drug-likeness (QED) is 0.625. The van der Waals surface area contributed by atoms with Gasteiger partial charge in [0.1, 0.15) is 0 Å². The van der Waals surface area contributed by atoms with Crippen molar-refractivity contribution in [3.63, 3.8) is 0 Å². The summed E-state index contributed by atoms with van der Waals surface area (Å²) in [6.07, 6.45) is 0. The molecule has 0 fully saturated rings. The molecule has 3 nitrogen and oxygen atoms in total. The van der Waals surface area contributed by atoms with Crippen LogP contribution in [0.5, 0.6) is 11.5 Å². The summed E-state index contributed by atoms with van der Waals surface area (Å²) in [6, 6.07) is 5.40. The number of hydrogen-bond donors (Lipinski definition) is 1. The van der Waals surface area contributed by atoms with Crippen LogP contribution in [0.4, 0.5) is 0 Å². The number of benzene rings is 1. The molecule has 0 aromatic heterocycles. The summed E-state index contributed by atoms with van der Waals surface area (Å²) in [5.41, 5.74) is 0.733. The molecule has 1 rings (SSSR count). The minimum absolute atomic E-state index is 0.0413. The van der Waals surface area contributed by atoms with Crippen molar-refractivity contribution in [2.24, 2.45) is 0 Å². The van der Waals surface area contributed by atoms with Crippen LogP contribution in [0, 0.1) is 0 Å². The van der Waals surface area contributed by atoms with Gasteiger partial charge < -0.3 is 14.5 Å². The van der Waals surface area contributed by atoms with Gasteiger partial charge in [-0.05, 0) is 11.5 Å². The third-order valence-corrected chi connectivity index (χ3v) is 1.65. The number of para-hydroxylation sites is 1. The van der Waals surface area contributed by atoms with Crippen molar-refractivity contribution >= 4 is 12.9 Å². The van der Waals surface area contributed by atoms with Gasteiger partial charge in [-0.2, -0.15) is 0 Å². The number of ether oxygens (including phenoxy) is 2. The van der Waals surface area contributed by atoms with E-state index in [2.05, 4.69) is 0 Å². The van der Waals surface area contributed by atoms with E-state index >= 15 is 0 Å². The predicted octanol–water partition coefficient (Wildman–Crippen LogP) is -0.327. The zero-order valence-electron chi connectivity index (χ0n) is 7.20. The van der Waals surface area contributed by atoms with Gasteiger partial charge in [0.15, 0.2) is 11.5 Å². The van der Waals surface area contributed by atoms with Crippen molar-refractivity contribution in [3.8, 4) is 11.5 Å². The standard InChI is InChI=1S/C8H11BO3/c1-11-7-5-3-4-6(9-10)8(7)12-2/h3-5,9-10H,1-2H3. The molecule has 0 heterocycles. The van der Waals surface area contributed by atoms with Crippen LogP contribution in [0.25, 0.3) is 0 Å². The highest BCUT2D eigenvalue weighted by molar-refractivity contribution is 6.47. The predicted molar refractivity (Wildman–Crippen MR) is 48.5 cm³/mol. The first-order valence-electron chi connectivity index (χ1n) is 3.64. The van der Waals surface area contributed by atoms with Crippen LogP contribution in [-0.2, 0) is 0 Å². The van der Waals surface area contributed by atoms with Gasteiger partial charge in [0.05, 0.1) is 14.2 Å². The van der Waals surface area contributed by atoms with Crippen molar-refractivity contribution in [3.05, 3.63) is 18.2 Å². The summed E-state index contributed by atoms with van der Waals surface area (Å²) in [5, 5.41) is 8.93. The molecule has 0 aliphatic heterocycles. The second-order valence-electron chi connectivity index (χ2n) is 2.31. The second kappa shape index (κ2) is 4.02. The molecule has 0 radical (unpaired) electrons. The van der Waals surface area contributed by atoms with Crippen molar-refractivity contribution < 1.29 is 14.5 Å². The number of rotatable bonds is 3. The molecule has 64 valence electrons. The van der Waals surface area contributed by atoms with E-state index in [9.17, 15) is 0 Å². The largest absolute Gasteiger partial charge is 0.493 e. The lowest BCUT2D eigenvalue weighted by Gasteiger charge is -2.09. The smallest absolute Gasteiger partial charge is 0.308 e. The Hall–Kier alpha value is -1.16. The van der Waals surface area contributed by atoms with Crippen LogP contribution < -0.4 is 14.9 Å². The van der Waals surface area contributed by atoms with E-state index in [-0.39, 0.29) is 7.48 Å². The minimum atomic E-state index is -0.0413. The Morgan fingerprint density at radius 2 is 2.00 bits per heavy atom. The molecule has 1 aromatic rings. The molecule has 1 aromatic carbocycles. The summed E-state index contributed by atoms with van der Waals surface area (Å²) in [4.78, 5) is 0. The first-order valence-corrected chi connectivity index (χ1v) is 3.64. The molecular weight excluding hydrogens is 155 g/mol. The van der Waals surface area contributed by atoms with E-state index in [1.54, 1.807) is 26.4 Å². The SMILES string of the molecule is COc1cccc(BO)c1OC. The highest BCUT2D eigenvalue weighted by Crippen LogP contribution is 2.22. The van der Waals surface area contributed by atoms with E-state index in [0.29, 0.717) is 11.5 Å². The first-order chi connectivity index (χ1) is 5.83. The molecule has 4 heteroatoms. The average molecular weight is 166 g/mol. The molecule has 0 aliphatic rings. The van der Waals surface area contributed by atoms with Gasteiger partial charge in [0, 0.05) is 0 Å². The van der Waals surface area contributed by atoms with Gasteiger partial charge in [-0.1, -0.05) is 12.1 Å². The fourth-order valence-electron chi connectivity index (χ4n) is 1.08. The summed E-state index contributed by atoms with van der Waals surface area (Å²) in [7, 11) is 3.08. The lowest BCUT2D eigenvalue weighted by Crippen LogP contribution is -2.16.